The van der Waals surface area contributed by atoms with E-state index in [1.54, 1.807) is 22.7 Å². The van der Waals surface area contributed by atoms with Crippen LogP contribution >= 0.6 is 17.2 Å². The number of hydrogen-bond donors (Lipinski definition) is 0. The third kappa shape index (κ3) is 5.04. The van der Waals surface area contributed by atoms with Crippen LogP contribution in [0.3, 0.4) is 0 Å². The van der Waals surface area contributed by atoms with Crippen LogP contribution in [0.15, 0.2) is 24.3 Å². The van der Waals surface area contributed by atoms with Crippen molar-refractivity contribution in [2.24, 2.45) is 0 Å². The van der Waals surface area contributed by atoms with E-state index in [4.69, 9.17) is 0 Å². The van der Waals surface area contributed by atoms with Crippen molar-refractivity contribution in [1.82, 2.24) is 0 Å². The number of benzene rings is 2. The molecule has 2 aromatic rings. The van der Waals surface area contributed by atoms with Crippen LogP contribution < -0.4 is 10.6 Å². The largest absolute Gasteiger partial charge is 0.0890 e. The van der Waals surface area contributed by atoms with Gasteiger partial charge in [0.25, 0.3) is 0 Å². The standard InChI is InChI=1S/C26H42P2Si2/c1-17-13-19(3)23(20(4)14-17)27-25-26(30(9,10)12-11-29(25,7)8)28-24-21(5)15-18(2)16-22(24)6/h13-16,25-28H,11-12H2,1-10H3. The average molecular weight is 473 g/mol. The first-order valence-corrected chi connectivity index (χ1v) is 20.2. The highest BCUT2D eigenvalue weighted by atomic mass is 31.1. The summed E-state index contributed by atoms with van der Waals surface area (Å²) < 4.78 is 0. The topological polar surface area (TPSA) is 0 Å². The molecule has 1 aliphatic heterocycles. The van der Waals surface area contributed by atoms with E-state index in [-0.39, 0.29) is 0 Å². The van der Waals surface area contributed by atoms with Crippen molar-refractivity contribution in [1.29, 1.82) is 0 Å². The summed E-state index contributed by atoms with van der Waals surface area (Å²) in [6.45, 7) is 24.7. The van der Waals surface area contributed by atoms with Crippen molar-refractivity contribution in [2.75, 3.05) is 0 Å². The Hall–Kier alpha value is -0.266. The zero-order valence-corrected chi connectivity index (χ0v) is 24.9. The molecule has 0 N–H and O–H groups in total. The molecule has 0 aliphatic carbocycles. The first-order chi connectivity index (χ1) is 13.8. The second-order valence-electron chi connectivity index (χ2n) is 11.3. The summed E-state index contributed by atoms with van der Waals surface area (Å²) in [6.07, 6.45) is 0. The molecule has 4 atom stereocenters. The summed E-state index contributed by atoms with van der Waals surface area (Å²) in [7, 11) is -0.534. The summed E-state index contributed by atoms with van der Waals surface area (Å²) in [5.41, 5.74) is 8.96. The molecule has 30 heavy (non-hydrogen) atoms. The second-order valence-corrected chi connectivity index (χ2v) is 25.4. The van der Waals surface area contributed by atoms with E-state index in [2.05, 4.69) is 92.0 Å². The molecule has 0 radical (unpaired) electrons. The quantitative estimate of drug-likeness (QED) is 0.329. The van der Waals surface area contributed by atoms with Gasteiger partial charge in [-0.25, -0.2) is 0 Å². The third-order valence-corrected chi connectivity index (χ3v) is 25.3. The van der Waals surface area contributed by atoms with E-state index in [0.29, 0.717) is 0 Å². The van der Waals surface area contributed by atoms with Gasteiger partial charge in [-0.1, -0.05) is 90.8 Å². The van der Waals surface area contributed by atoms with E-state index in [1.165, 1.54) is 33.4 Å². The van der Waals surface area contributed by atoms with Crippen LogP contribution in [0.1, 0.15) is 33.4 Å². The van der Waals surface area contributed by atoms with E-state index in [1.807, 2.05) is 0 Å². The maximum atomic E-state index is 2.71. The smallest absolute Gasteiger partial charge is 0.0552 e. The van der Waals surface area contributed by atoms with Gasteiger partial charge in [0.05, 0.1) is 16.1 Å². The molecule has 0 amide bonds. The van der Waals surface area contributed by atoms with Crippen molar-refractivity contribution >= 4 is 43.9 Å². The van der Waals surface area contributed by atoms with Gasteiger partial charge in [-0.3, -0.25) is 0 Å². The highest BCUT2D eigenvalue weighted by Gasteiger charge is 2.49. The van der Waals surface area contributed by atoms with Crippen LogP contribution in [0, 0.1) is 41.5 Å². The fourth-order valence-corrected chi connectivity index (χ4v) is 26.5. The monoisotopic (exact) mass is 472 g/mol. The van der Waals surface area contributed by atoms with Crippen LogP contribution in [-0.2, 0) is 0 Å². The van der Waals surface area contributed by atoms with Gasteiger partial charge < -0.3 is 0 Å². The molecule has 0 nitrogen and oxygen atoms in total. The van der Waals surface area contributed by atoms with Crippen molar-refractivity contribution in [3.05, 3.63) is 57.6 Å². The van der Waals surface area contributed by atoms with Crippen molar-refractivity contribution in [2.45, 2.75) is 90.4 Å². The van der Waals surface area contributed by atoms with Crippen molar-refractivity contribution < 1.29 is 0 Å². The fraction of sp³-hybridized carbons (Fsp3) is 0.538. The van der Waals surface area contributed by atoms with E-state index >= 15 is 0 Å². The lowest BCUT2D eigenvalue weighted by atomic mass is 10.1. The molecule has 164 valence electrons. The Bertz CT molecular complexity index is 823. The zero-order chi connectivity index (χ0) is 22.4. The average Bonchev–Trinajstić information content (AvgIpc) is 2.59. The molecule has 2 aromatic carbocycles. The van der Waals surface area contributed by atoms with Crippen molar-refractivity contribution in [3.63, 3.8) is 0 Å². The molecule has 4 unspecified atom stereocenters. The van der Waals surface area contributed by atoms with Gasteiger partial charge in [-0.15, -0.1) is 0 Å². The Balaban J connectivity index is 2.05. The maximum absolute atomic E-state index is 2.71. The summed E-state index contributed by atoms with van der Waals surface area (Å²) >= 11 is 0. The molecule has 0 spiro atoms. The van der Waals surface area contributed by atoms with Gasteiger partial charge >= 0.3 is 0 Å². The Labute approximate surface area is 191 Å². The first-order valence-electron chi connectivity index (χ1n) is 11.5. The van der Waals surface area contributed by atoms with Crippen LogP contribution in [0.2, 0.25) is 38.3 Å². The van der Waals surface area contributed by atoms with Crippen LogP contribution in [0.4, 0.5) is 0 Å². The lowest BCUT2D eigenvalue weighted by molar-refractivity contribution is 1.04. The summed E-state index contributed by atoms with van der Waals surface area (Å²) in [6, 6.07) is 12.8. The van der Waals surface area contributed by atoms with Gasteiger partial charge in [0.1, 0.15) is 0 Å². The molecule has 1 aliphatic rings. The Morgan fingerprint density at radius 3 is 1.10 bits per heavy atom. The summed E-state index contributed by atoms with van der Waals surface area (Å²) in [5.74, 6) is 0. The minimum Gasteiger partial charge on any atom is -0.0890 e. The third-order valence-electron chi connectivity index (χ3n) is 7.38. The Kier molecular flexibility index (Phi) is 7.26. The second kappa shape index (κ2) is 8.94. The molecule has 4 heteroatoms. The molecular formula is C26H42P2Si2. The molecule has 0 saturated carbocycles. The van der Waals surface area contributed by atoms with Crippen LogP contribution in [0.25, 0.3) is 0 Å². The molecule has 1 saturated heterocycles. The molecule has 3 rings (SSSR count). The van der Waals surface area contributed by atoms with Gasteiger partial charge in [0, 0.05) is 0 Å². The van der Waals surface area contributed by atoms with Gasteiger partial charge in [-0.2, -0.15) is 0 Å². The minimum atomic E-state index is -1.26. The molecule has 0 bridgehead atoms. The lowest BCUT2D eigenvalue weighted by Gasteiger charge is -2.51. The van der Waals surface area contributed by atoms with E-state index in [0.717, 1.165) is 27.7 Å². The Morgan fingerprint density at radius 1 is 0.567 bits per heavy atom. The summed E-state index contributed by atoms with van der Waals surface area (Å²) in [4.78, 5) is 0. The lowest BCUT2D eigenvalue weighted by Crippen LogP contribution is -2.60. The zero-order valence-electron chi connectivity index (χ0n) is 20.9. The van der Waals surface area contributed by atoms with E-state index < -0.39 is 16.1 Å². The summed E-state index contributed by atoms with van der Waals surface area (Å²) in [5, 5.41) is 5.24. The highest BCUT2D eigenvalue weighted by molar-refractivity contribution is 7.58. The van der Waals surface area contributed by atoms with Crippen LogP contribution in [0.5, 0.6) is 0 Å². The molecule has 0 aromatic heterocycles. The van der Waals surface area contributed by atoms with Gasteiger partial charge in [0.2, 0.25) is 0 Å². The number of hydrogen-bond acceptors (Lipinski definition) is 0. The molecule has 1 fully saturated rings. The normalized spacial score (nSPS) is 23.7. The molecular weight excluding hydrogens is 430 g/mol. The number of rotatable bonds is 4. The van der Waals surface area contributed by atoms with Gasteiger partial charge in [0.15, 0.2) is 0 Å². The highest BCUT2D eigenvalue weighted by Crippen LogP contribution is 2.50. The maximum Gasteiger partial charge on any atom is 0.0552 e. The SMILES string of the molecule is Cc1cc(C)c(PC2C(Pc3c(C)cc(C)cc3C)[Si](C)(C)CC[Si]2(C)C)c(C)c1. The predicted molar refractivity (Wildman–Crippen MR) is 149 cm³/mol. The Morgan fingerprint density at radius 2 is 0.833 bits per heavy atom. The minimum absolute atomic E-state index is 0.937. The molecule has 1 heterocycles. The van der Waals surface area contributed by atoms with Crippen molar-refractivity contribution in [3.8, 4) is 0 Å². The first kappa shape index (κ1) is 24.4. The number of aryl methyl sites for hydroxylation is 6. The fourth-order valence-electron chi connectivity index (χ4n) is 5.54. The van der Waals surface area contributed by atoms with Crippen LogP contribution in [-0.4, -0.2) is 26.7 Å². The van der Waals surface area contributed by atoms with Gasteiger partial charge in [-0.05, 0) is 85.0 Å². The predicted octanol–water partition coefficient (Wildman–Crippen LogP) is 7.09. The van der Waals surface area contributed by atoms with E-state index in [9.17, 15) is 0 Å².